The Hall–Kier alpha value is -1.72. The summed E-state index contributed by atoms with van der Waals surface area (Å²) in [5, 5.41) is 5.86. The van der Waals surface area contributed by atoms with E-state index in [1.54, 1.807) is 11.3 Å². The number of nitrogens with zero attached hydrogens (tertiary/aromatic N) is 1. The number of nitrogens with one attached hydrogen (secondary N) is 1. The fourth-order valence-corrected chi connectivity index (χ4v) is 2.60. The molecule has 1 aromatic heterocycles. The van der Waals surface area contributed by atoms with Gasteiger partial charge in [0.2, 0.25) is 5.91 Å². The van der Waals surface area contributed by atoms with Gasteiger partial charge in [-0.05, 0) is 44.0 Å². The van der Waals surface area contributed by atoms with Crippen LogP contribution in [0.2, 0.25) is 0 Å². The lowest BCUT2D eigenvalue weighted by atomic mass is 10.2. The number of aryl methyl sites for hydroxylation is 1. The molecule has 1 amide bonds. The minimum atomic E-state index is -0.634. The van der Waals surface area contributed by atoms with Crippen LogP contribution in [0.1, 0.15) is 18.5 Å². The predicted molar refractivity (Wildman–Crippen MR) is 77.1 cm³/mol. The molecule has 98 valence electrons. The molecular formula is C14H15N3OS. The molecule has 19 heavy (non-hydrogen) atoms. The molecule has 0 aliphatic heterocycles. The van der Waals surface area contributed by atoms with Crippen molar-refractivity contribution in [1.29, 1.82) is 0 Å². The second-order valence-electron chi connectivity index (χ2n) is 4.98. The molecule has 1 aliphatic carbocycles. The molecule has 0 bridgehead atoms. The van der Waals surface area contributed by atoms with Crippen molar-refractivity contribution in [3.05, 3.63) is 35.3 Å². The van der Waals surface area contributed by atoms with E-state index in [1.165, 1.54) is 0 Å². The first kappa shape index (κ1) is 12.3. The molecule has 0 unspecified atom stereocenters. The van der Waals surface area contributed by atoms with E-state index < -0.39 is 5.54 Å². The highest BCUT2D eigenvalue weighted by atomic mass is 32.1. The lowest BCUT2D eigenvalue weighted by Gasteiger charge is -2.10. The third kappa shape index (κ3) is 2.52. The van der Waals surface area contributed by atoms with Gasteiger partial charge in [0, 0.05) is 22.3 Å². The van der Waals surface area contributed by atoms with Crippen molar-refractivity contribution in [3.8, 4) is 10.6 Å². The average molecular weight is 273 g/mol. The Kier molecular flexibility index (Phi) is 2.88. The summed E-state index contributed by atoms with van der Waals surface area (Å²) in [5.41, 5.74) is 8.07. The molecule has 0 atom stereocenters. The van der Waals surface area contributed by atoms with Crippen molar-refractivity contribution in [2.75, 3.05) is 5.32 Å². The Balaban J connectivity index is 1.74. The number of nitrogens with two attached hydrogens (primary N) is 1. The van der Waals surface area contributed by atoms with Crippen LogP contribution in [0.25, 0.3) is 10.6 Å². The maximum atomic E-state index is 11.8. The van der Waals surface area contributed by atoms with Crippen LogP contribution >= 0.6 is 11.3 Å². The van der Waals surface area contributed by atoms with Gasteiger partial charge in [-0.1, -0.05) is 0 Å². The number of carbonyl (C=O) groups is 1. The minimum absolute atomic E-state index is 0.0923. The van der Waals surface area contributed by atoms with Crippen LogP contribution in [0.4, 0.5) is 5.69 Å². The van der Waals surface area contributed by atoms with Crippen LogP contribution in [0.5, 0.6) is 0 Å². The summed E-state index contributed by atoms with van der Waals surface area (Å²) in [6.07, 6.45) is 1.55. The largest absolute Gasteiger partial charge is 0.324 e. The zero-order chi connectivity index (χ0) is 13.5. The van der Waals surface area contributed by atoms with Crippen LogP contribution in [0, 0.1) is 6.92 Å². The number of rotatable bonds is 3. The van der Waals surface area contributed by atoms with Crippen molar-refractivity contribution in [3.63, 3.8) is 0 Å². The van der Waals surface area contributed by atoms with Crippen molar-refractivity contribution in [2.24, 2.45) is 5.73 Å². The molecule has 1 fully saturated rings. The maximum Gasteiger partial charge on any atom is 0.244 e. The average Bonchev–Trinajstić information content (AvgIpc) is 3.01. The zero-order valence-corrected chi connectivity index (χ0v) is 11.5. The van der Waals surface area contributed by atoms with Gasteiger partial charge in [0.1, 0.15) is 5.01 Å². The third-order valence-corrected chi connectivity index (χ3v) is 4.26. The number of aromatic nitrogens is 1. The highest BCUT2D eigenvalue weighted by Crippen LogP contribution is 2.33. The molecule has 1 saturated carbocycles. The van der Waals surface area contributed by atoms with Gasteiger partial charge >= 0.3 is 0 Å². The Labute approximate surface area is 115 Å². The first-order chi connectivity index (χ1) is 9.07. The summed E-state index contributed by atoms with van der Waals surface area (Å²) in [6.45, 7) is 1.98. The van der Waals surface area contributed by atoms with Crippen molar-refractivity contribution in [1.82, 2.24) is 4.98 Å². The number of carbonyl (C=O) groups excluding carboxylic acids is 1. The summed E-state index contributed by atoms with van der Waals surface area (Å²) in [5.74, 6) is -0.0923. The van der Waals surface area contributed by atoms with E-state index in [-0.39, 0.29) is 5.91 Å². The van der Waals surface area contributed by atoms with Gasteiger partial charge in [0.05, 0.1) is 5.54 Å². The van der Waals surface area contributed by atoms with Crippen LogP contribution in [0.15, 0.2) is 29.6 Å². The summed E-state index contributed by atoms with van der Waals surface area (Å²) >= 11 is 1.62. The van der Waals surface area contributed by atoms with E-state index in [9.17, 15) is 4.79 Å². The zero-order valence-electron chi connectivity index (χ0n) is 10.6. The first-order valence-corrected chi connectivity index (χ1v) is 7.08. The monoisotopic (exact) mass is 273 g/mol. The van der Waals surface area contributed by atoms with Gasteiger partial charge in [0.25, 0.3) is 0 Å². The van der Waals surface area contributed by atoms with Gasteiger partial charge in [-0.15, -0.1) is 11.3 Å². The van der Waals surface area contributed by atoms with Crippen LogP contribution < -0.4 is 11.1 Å². The van der Waals surface area contributed by atoms with Crippen molar-refractivity contribution in [2.45, 2.75) is 25.3 Å². The molecular weight excluding hydrogens is 258 g/mol. The smallest absolute Gasteiger partial charge is 0.244 e. The van der Waals surface area contributed by atoms with Crippen LogP contribution in [0.3, 0.4) is 0 Å². The Bertz CT molecular complexity index is 614. The third-order valence-electron chi connectivity index (χ3n) is 3.25. The fourth-order valence-electron chi connectivity index (χ4n) is 1.80. The van der Waals surface area contributed by atoms with E-state index in [0.717, 1.165) is 34.8 Å². The van der Waals surface area contributed by atoms with Gasteiger partial charge in [-0.25, -0.2) is 4.98 Å². The SMILES string of the molecule is Cc1csc(-c2ccc(NC(=O)C3(N)CC3)cc2)n1. The standard InChI is InChI=1S/C14H15N3OS/c1-9-8-19-12(16-9)10-2-4-11(5-3-10)17-13(18)14(15)6-7-14/h2-5,8H,6-7,15H2,1H3,(H,17,18). The van der Waals surface area contributed by atoms with Crippen LogP contribution in [-0.2, 0) is 4.79 Å². The maximum absolute atomic E-state index is 11.8. The molecule has 1 heterocycles. The van der Waals surface area contributed by atoms with Gasteiger partial charge in [-0.3, -0.25) is 4.79 Å². The van der Waals surface area contributed by atoms with E-state index >= 15 is 0 Å². The second kappa shape index (κ2) is 4.43. The van der Waals surface area contributed by atoms with Gasteiger partial charge in [-0.2, -0.15) is 0 Å². The lowest BCUT2D eigenvalue weighted by Crippen LogP contribution is -2.37. The highest BCUT2D eigenvalue weighted by molar-refractivity contribution is 7.13. The molecule has 3 rings (SSSR count). The molecule has 1 aliphatic rings. The summed E-state index contributed by atoms with van der Waals surface area (Å²) < 4.78 is 0. The number of thiazole rings is 1. The number of hydrogen-bond donors (Lipinski definition) is 2. The number of hydrogen-bond acceptors (Lipinski definition) is 4. The number of amides is 1. The Morgan fingerprint density at radius 2 is 2.05 bits per heavy atom. The Morgan fingerprint density at radius 3 is 2.58 bits per heavy atom. The topological polar surface area (TPSA) is 68.0 Å². The fraction of sp³-hybridized carbons (Fsp3) is 0.286. The first-order valence-electron chi connectivity index (χ1n) is 6.20. The normalized spacial score (nSPS) is 16.1. The van der Waals surface area contributed by atoms with Gasteiger partial charge < -0.3 is 11.1 Å². The van der Waals surface area contributed by atoms with Crippen LogP contribution in [-0.4, -0.2) is 16.4 Å². The molecule has 0 spiro atoms. The molecule has 0 saturated heterocycles. The molecule has 2 aromatic rings. The molecule has 4 nitrogen and oxygen atoms in total. The number of anilines is 1. The van der Waals surface area contributed by atoms with E-state index in [0.29, 0.717) is 0 Å². The summed E-state index contributed by atoms with van der Waals surface area (Å²) in [4.78, 5) is 16.2. The minimum Gasteiger partial charge on any atom is -0.324 e. The summed E-state index contributed by atoms with van der Waals surface area (Å²) in [6, 6.07) is 7.69. The molecule has 1 aromatic carbocycles. The Morgan fingerprint density at radius 1 is 1.37 bits per heavy atom. The number of benzene rings is 1. The summed E-state index contributed by atoms with van der Waals surface area (Å²) in [7, 11) is 0. The van der Waals surface area contributed by atoms with Crippen molar-refractivity contribution < 1.29 is 4.79 Å². The predicted octanol–water partition coefficient (Wildman–Crippen LogP) is 2.55. The highest BCUT2D eigenvalue weighted by Gasteiger charge is 2.45. The quantitative estimate of drug-likeness (QED) is 0.903. The van der Waals surface area contributed by atoms with Gasteiger partial charge in [0.15, 0.2) is 0 Å². The molecule has 0 radical (unpaired) electrons. The van der Waals surface area contributed by atoms with E-state index in [4.69, 9.17) is 5.73 Å². The molecule has 5 heteroatoms. The molecule has 3 N–H and O–H groups in total. The second-order valence-corrected chi connectivity index (χ2v) is 5.84. The van der Waals surface area contributed by atoms with E-state index in [2.05, 4.69) is 10.3 Å². The van der Waals surface area contributed by atoms with E-state index in [1.807, 2.05) is 36.6 Å². The lowest BCUT2D eigenvalue weighted by molar-refractivity contribution is -0.118. The van der Waals surface area contributed by atoms with Crippen molar-refractivity contribution >= 4 is 22.9 Å².